The van der Waals surface area contributed by atoms with E-state index in [-0.39, 0.29) is 11.6 Å². The molecule has 0 saturated carbocycles. The molecule has 1 aromatic carbocycles. The van der Waals surface area contributed by atoms with Gasteiger partial charge in [-0.1, -0.05) is 11.6 Å². The number of nitrogens with zero attached hydrogens (tertiary/aromatic N) is 4. The minimum atomic E-state index is -0.418. The molecule has 7 nitrogen and oxygen atoms in total. The summed E-state index contributed by atoms with van der Waals surface area (Å²) in [6.45, 7) is 7.04. The van der Waals surface area contributed by atoms with Crippen molar-refractivity contribution in [2.75, 3.05) is 51.2 Å². The van der Waals surface area contributed by atoms with E-state index in [2.05, 4.69) is 16.8 Å². The van der Waals surface area contributed by atoms with Gasteiger partial charge in [0.2, 0.25) is 5.91 Å². The lowest BCUT2D eigenvalue weighted by Crippen LogP contribution is -2.47. The minimum absolute atomic E-state index is 0.0221. The Labute approximate surface area is 165 Å². The first-order valence-electron chi connectivity index (χ1n) is 9.51. The number of non-ortho nitro benzene ring substituents is 1. The van der Waals surface area contributed by atoms with Gasteiger partial charge in [0.05, 0.1) is 15.6 Å². The molecule has 27 heavy (non-hydrogen) atoms. The fraction of sp³-hybridized carbons (Fsp3) is 0.632. The number of carbonyl (C=O) groups excluding carboxylic acids is 1. The van der Waals surface area contributed by atoms with Crippen LogP contribution in [0.25, 0.3) is 0 Å². The van der Waals surface area contributed by atoms with E-state index in [9.17, 15) is 14.9 Å². The lowest BCUT2D eigenvalue weighted by Gasteiger charge is -2.37. The maximum Gasteiger partial charge on any atom is 0.271 e. The van der Waals surface area contributed by atoms with Crippen molar-refractivity contribution < 1.29 is 9.72 Å². The second-order valence-corrected chi connectivity index (χ2v) is 8.08. The predicted molar refractivity (Wildman–Crippen MR) is 106 cm³/mol. The Kier molecular flexibility index (Phi) is 6.22. The van der Waals surface area contributed by atoms with Crippen LogP contribution in [0.1, 0.15) is 24.8 Å². The van der Waals surface area contributed by atoms with Crippen LogP contribution < -0.4 is 4.90 Å². The van der Waals surface area contributed by atoms with Gasteiger partial charge in [0.15, 0.2) is 0 Å². The van der Waals surface area contributed by atoms with Crippen molar-refractivity contribution in [1.82, 2.24) is 9.80 Å². The van der Waals surface area contributed by atoms with Gasteiger partial charge in [0.1, 0.15) is 0 Å². The van der Waals surface area contributed by atoms with E-state index in [1.54, 1.807) is 6.07 Å². The molecular formula is C19H27ClN4O3. The highest BCUT2D eigenvalue weighted by molar-refractivity contribution is 6.33. The molecule has 2 aliphatic rings. The number of piperidine rings is 1. The van der Waals surface area contributed by atoms with Gasteiger partial charge < -0.3 is 14.7 Å². The topological polar surface area (TPSA) is 69.9 Å². The summed E-state index contributed by atoms with van der Waals surface area (Å²) in [6.07, 6.45) is 2.49. The first-order chi connectivity index (χ1) is 12.8. The summed E-state index contributed by atoms with van der Waals surface area (Å²) in [5, 5.41) is 11.4. The summed E-state index contributed by atoms with van der Waals surface area (Å²) in [5.41, 5.74) is 1.72. The molecular weight excluding hydrogens is 368 g/mol. The van der Waals surface area contributed by atoms with Gasteiger partial charge in [-0.3, -0.25) is 14.9 Å². The number of hydrogen-bond acceptors (Lipinski definition) is 5. The zero-order chi connectivity index (χ0) is 19.6. The van der Waals surface area contributed by atoms with E-state index in [0.717, 1.165) is 63.4 Å². The molecule has 0 radical (unpaired) electrons. The number of nitro benzene ring substituents is 1. The number of hydrogen-bond donors (Lipinski definition) is 0. The number of aryl methyl sites for hydroxylation is 1. The SMILES string of the molecule is Cc1cc([N+](=O)[O-])cc(Cl)c1N1CCC(CC(=O)N2CCN(C)CC2)CC1. The molecule has 2 heterocycles. The van der Waals surface area contributed by atoms with Gasteiger partial charge >= 0.3 is 0 Å². The Balaban J connectivity index is 1.56. The Hall–Kier alpha value is -1.86. The van der Waals surface area contributed by atoms with Crippen molar-refractivity contribution in [3.63, 3.8) is 0 Å². The first-order valence-corrected chi connectivity index (χ1v) is 9.88. The average Bonchev–Trinajstić information content (AvgIpc) is 2.63. The number of anilines is 1. The normalized spacial score (nSPS) is 19.4. The molecule has 2 fully saturated rings. The summed E-state index contributed by atoms with van der Waals surface area (Å²) >= 11 is 6.34. The summed E-state index contributed by atoms with van der Waals surface area (Å²) in [6, 6.07) is 3.00. The Morgan fingerprint density at radius 3 is 2.37 bits per heavy atom. The lowest BCUT2D eigenvalue weighted by molar-refractivity contribution is -0.384. The quantitative estimate of drug-likeness (QED) is 0.580. The van der Waals surface area contributed by atoms with Gasteiger partial charge in [-0.25, -0.2) is 0 Å². The monoisotopic (exact) mass is 394 g/mol. The summed E-state index contributed by atoms with van der Waals surface area (Å²) < 4.78 is 0. The molecule has 0 unspecified atom stereocenters. The van der Waals surface area contributed by atoms with Crippen molar-refractivity contribution >= 4 is 28.9 Å². The molecule has 0 aliphatic carbocycles. The number of carbonyl (C=O) groups is 1. The van der Waals surface area contributed by atoms with Crippen LogP contribution in [0.4, 0.5) is 11.4 Å². The third kappa shape index (κ3) is 4.71. The van der Waals surface area contributed by atoms with Crippen LogP contribution in [-0.2, 0) is 4.79 Å². The zero-order valence-electron chi connectivity index (χ0n) is 16.0. The number of piperazine rings is 1. The third-order valence-electron chi connectivity index (χ3n) is 5.70. The van der Waals surface area contributed by atoms with Crippen LogP contribution in [0.5, 0.6) is 0 Å². The van der Waals surface area contributed by atoms with Crippen molar-refractivity contribution in [2.24, 2.45) is 5.92 Å². The van der Waals surface area contributed by atoms with E-state index in [0.29, 0.717) is 17.4 Å². The molecule has 0 spiro atoms. The second kappa shape index (κ2) is 8.44. The highest BCUT2D eigenvalue weighted by Gasteiger charge is 2.27. The number of benzene rings is 1. The fourth-order valence-corrected chi connectivity index (χ4v) is 4.40. The molecule has 0 bridgehead atoms. The summed E-state index contributed by atoms with van der Waals surface area (Å²) in [4.78, 5) is 29.5. The molecule has 2 saturated heterocycles. The van der Waals surface area contributed by atoms with E-state index < -0.39 is 4.92 Å². The highest BCUT2D eigenvalue weighted by atomic mass is 35.5. The Morgan fingerprint density at radius 2 is 1.81 bits per heavy atom. The zero-order valence-corrected chi connectivity index (χ0v) is 16.7. The maximum absolute atomic E-state index is 12.5. The third-order valence-corrected chi connectivity index (χ3v) is 5.99. The molecule has 8 heteroatoms. The number of amides is 1. The summed E-state index contributed by atoms with van der Waals surface area (Å²) in [5.74, 6) is 0.664. The average molecular weight is 395 g/mol. The molecule has 148 valence electrons. The van der Waals surface area contributed by atoms with Crippen molar-refractivity contribution in [3.8, 4) is 0 Å². The Bertz CT molecular complexity index is 688. The molecule has 0 N–H and O–H groups in total. The van der Waals surface area contributed by atoms with Gasteiger partial charge in [-0.05, 0) is 38.3 Å². The second-order valence-electron chi connectivity index (χ2n) is 7.67. The highest BCUT2D eigenvalue weighted by Crippen LogP contribution is 2.36. The number of rotatable bonds is 4. The maximum atomic E-state index is 12.5. The van der Waals surface area contributed by atoms with Gasteiger partial charge in [-0.15, -0.1) is 0 Å². The molecule has 1 amide bonds. The smallest absolute Gasteiger partial charge is 0.271 e. The van der Waals surface area contributed by atoms with Crippen LogP contribution in [0.2, 0.25) is 5.02 Å². The largest absolute Gasteiger partial charge is 0.370 e. The number of halogens is 1. The molecule has 0 atom stereocenters. The van der Waals surface area contributed by atoms with Crippen molar-refractivity contribution in [1.29, 1.82) is 0 Å². The van der Waals surface area contributed by atoms with E-state index in [4.69, 9.17) is 11.6 Å². The molecule has 2 aliphatic heterocycles. The minimum Gasteiger partial charge on any atom is -0.370 e. The number of likely N-dealkylation sites (N-methyl/N-ethyl adjacent to an activating group) is 1. The van der Waals surface area contributed by atoms with Gasteiger partial charge in [0.25, 0.3) is 5.69 Å². The van der Waals surface area contributed by atoms with E-state index in [1.165, 1.54) is 6.07 Å². The number of nitro groups is 1. The standard InChI is InChI=1S/C19H27ClN4O3/c1-14-11-16(24(26)27)13-17(20)19(14)23-5-3-15(4-6-23)12-18(25)22-9-7-21(2)8-10-22/h11,13,15H,3-10,12H2,1-2H3. The molecule has 1 aromatic rings. The lowest BCUT2D eigenvalue weighted by atomic mass is 9.92. The van der Waals surface area contributed by atoms with E-state index in [1.807, 2.05) is 11.8 Å². The van der Waals surface area contributed by atoms with Gasteiger partial charge in [0, 0.05) is 57.8 Å². The van der Waals surface area contributed by atoms with Crippen molar-refractivity contribution in [3.05, 3.63) is 32.8 Å². The van der Waals surface area contributed by atoms with Crippen LogP contribution in [0.3, 0.4) is 0 Å². The molecule has 3 rings (SSSR count). The van der Waals surface area contributed by atoms with Crippen LogP contribution in [0, 0.1) is 23.0 Å². The van der Waals surface area contributed by atoms with Gasteiger partial charge in [-0.2, -0.15) is 0 Å². The van der Waals surface area contributed by atoms with Crippen LogP contribution >= 0.6 is 11.6 Å². The van der Waals surface area contributed by atoms with Crippen LogP contribution in [-0.4, -0.2) is 66.9 Å². The van der Waals surface area contributed by atoms with Crippen LogP contribution in [0.15, 0.2) is 12.1 Å². The fourth-order valence-electron chi connectivity index (χ4n) is 4.02. The molecule has 0 aromatic heterocycles. The van der Waals surface area contributed by atoms with Crippen molar-refractivity contribution in [2.45, 2.75) is 26.2 Å². The first kappa shape index (κ1) is 19.9. The predicted octanol–water partition coefficient (Wildman–Crippen LogP) is 2.94. The summed E-state index contributed by atoms with van der Waals surface area (Å²) in [7, 11) is 2.09. The van der Waals surface area contributed by atoms with E-state index >= 15 is 0 Å². The Morgan fingerprint density at radius 1 is 1.19 bits per heavy atom.